The van der Waals surface area contributed by atoms with Crippen molar-refractivity contribution in [1.82, 2.24) is 9.80 Å². The van der Waals surface area contributed by atoms with Crippen LogP contribution in [0.1, 0.15) is 20.3 Å². The van der Waals surface area contributed by atoms with Gasteiger partial charge in [-0.15, -0.1) is 0 Å². The van der Waals surface area contributed by atoms with Crippen LogP contribution in [0.15, 0.2) is 30.3 Å². The van der Waals surface area contributed by atoms with Crippen molar-refractivity contribution < 1.29 is 9.53 Å². The summed E-state index contributed by atoms with van der Waals surface area (Å²) in [7, 11) is 0. The highest BCUT2D eigenvalue weighted by Gasteiger charge is 2.20. The van der Waals surface area contributed by atoms with E-state index in [9.17, 15) is 4.79 Å². The Balaban J connectivity index is 1.85. The van der Waals surface area contributed by atoms with E-state index < -0.39 is 0 Å². The SMILES string of the molecule is CC(C)CN1CCCN(C(=O)Oc2ccccc2)CC1. The second kappa shape index (κ2) is 7.29. The van der Waals surface area contributed by atoms with E-state index in [1.54, 1.807) is 12.1 Å². The molecule has 0 N–H and O–H groups in total. The number of hydrogen-bond acceptors (Lipinski definition) is 3. The summed E-state index contributed by atoms with van der Waals surface area (Å²) in [6.07, 6.45) is 0.777. The van der Waals surface area contributed by atoms with Gasteiger partial charge in [0.15, 0.2) is 0 Å². The Morgan fingerprint density at radius 3 is 2.60 bits per heavy atom. The molecule has 1 saturated heterocycles. The molecule has 1 heterocycles. The maximum absolute atomic E-state index is 12.1. The number of benzene rings is 1. The molecule has 1 fully saturated rings. The summed E-state index contributed by atoms with van der Waals surface area (Å²) >= 11 is 0. The lowest BCUT2D eigenvalue weighted by Gasteiger charge is -2.22. The first-order valence-electron chi connectivity index (χ1n) is 7.39. The molecule has 0 aromatic heterocycles. The first-order valence-corrected chi connectivity index (χ1v) is 7.39. The third-order valence-electron chi connectivity index (χ3n) is 3.42. The molecule has 0 aliphatic carbocycles. The summed E-state index contributed by atoms with van der Waals surface area (Å²) in [6, 6.07) is 9.26. The molecular formula is C16H24N2O2. The fourth-order valence-electron chi connectivity index (χ4n) is 2.51. The second-order valence-corrected chi connectivity index (χ2v) is 5.72. The van der Waals surface area contributed by atoms with Crippen molar-refractivity contribution in [2.24, 2.45) is 5.92 Å². The summed E-state index contributed by atoms with van der Waals surface area (Å²) in [5.41, 5.74) is 0. The molecule has 1 aliphatic heterocycles. The van der Waals surface area contributed by atoms with Crippen LogP contribution in [0.3, 0.4) is 0 Å². The van der Waals surface area contributed by atoms with Gasteiger partial charge < -0.3 is 14.5 Å². The number of ether oxygens (including phenoxy) is 1. The lowest BCUT2D eigenvalue weighted by atomic mass is 10.2. The fraction of sp³-hybridized carbons (Fsp3) is 0.562. The zero-order chi connectivity index (χ0) is 14.4. The van der Waals surface area contributed by atoms with Gasteiger partial charge in [0.2, 0.25) is 0 Å². The molecule has 4 heteroatoms. The van der Waals surface area contributed by atoms with Gasteiger partial charge in [-0.3, -0.25) is 0 Å². The molecule has 0 spiro atoms. The molecule has 0 saturated carbocycles. The number of nitrogens with zero attached hydrogens (tertiary/aromatic N) is 2. The summed E-state index contributed by atoms with van der Waals surface area (Å²) in [6.45, 7) is 9.08. The number of para-hydroxylation sites is 1. The third-order valence-corrected chi connectivity index (χ3v) is 3.42. The smallest absolute Gasteiger partial charge is 0.410 e. The Kier molecular flexibility index (Phi) is 5.41. The molecule has 1 aliphatic rings. The molecule has 1 aromatic rings. The van der Waals surface area contributed by atoms with Gasteiger partial charge in [-0.2, -0.15) is 0 Å². The Morgan fingerprint density at radius 1 is 1.15 bits per heavy atom. The van der Waals surface area contributed by atoms with E-state index in [2.05, 4.69) is 18.7 Å². The standard InChI is InChI=1S/C16H24N2O2/c1-14(2)13-17-9-6-10-18(12-11-17)16(19)20-15-7-4-3-5-8-15/h3-5,7-8,14H,6,9-13H2,1-2H3. The van der Waals surface area contributed by atoms with Crippen LogP contribution in [0.25, 0.3) is 0 Å². The fourth-order valence-corrected chi connectivity index (χ4v) is 2.51. The molecular weight excluding hydrogens is 252 g/mol. The molecule has 20 heavy (non-hydrogen) atoms. The molecule has 0 radical (unpaired) electrons. The third kappa shape index (κ3) is 4.53. The van der Waals surface area contributed by atoms with Gasteiger partial charge in [0.25, 0.3) is 0 Å². The topological polar surface area (TPSA) is 32.8 Å². The van der Waals surface area contributed by atoms with Gasteiger partial charge in [-0.25, -0.2) is 4.79 Å². The van der Waals surface area contributed by atoms with Crippen LogP contribution in [0.5, 0.6) is 5.75 Å². The van der Waals surface area contributed by atoms with Gasteiger partial charge in [0.05, 0.1) is 0 Å². The van der Waals surface area contributed by atoms with Crippen LogP contribution in [0, 0.1) is 5.92 Å². The Hall–Kier alpha value is -1.55. The molecule has 0 bridgehead atoms. The average molecular weight is 276 g/mol. The molecule has 4 nitrogen and oxygen atoms in total. The highest BCUT2D eigenvalue weighted by Crippen LogP contribution is 2.12. The first-order chi connectivity index (χ1) is 9.65. The lowest BCUT2D eigenvalue weighted by molar-refractivity contribution is 0.153. The zero-order valence-corrected chi connectivity index (χ0v) is 12.4. The second-order valence-electron chi connectivity index (χ2n) is 5.72. The number of amides is 1. The van der Waals surface area contributed by atoms with Gasteiger partial charge in [-0.05, 0) is 31.0 Å². The normalized spacial score (nSPS) is 17.1. The van der Waals surface area contributed by atoms with E-state index in [0.717, 1.165) is 39.1 Å². The highest BCUT2D eigenvalue weighted by atomic mass is 16.6. The van der Waals surface area contributed by atoms with Crippen LogP contribution in [0.4, 0.5) is 4.79 Å². The average Bonchev–Trinajstić information content (AvgIpc) is 2.65. The summed E-state index contributed by atoms with van der Waals surface area (Å²) in [5.74, 6) is 1.28. The predicted octanol–water partition coefficient (Wildman–Crippen LogP) is 2.85. The van der Waals surface area contributed by atoms with Crippen molar-refractivity contribution in [2.75, 3.05) is 32.7 Å². The van der Waals surface area contributed by atoms with Crippen LogP contribution in [0.2, 0.25) is 0 Å². The molecule has 1 amide bonds. The number of carbonyl (C=O) groups excluding carboxylic acids is 1. The predicted molar refractivity (Wildman–Crippen MR) is 79.9 cm³/mol. The van der Waals surface area contributed by atoms with Crippen molar-refractivity contribution in [3.05, 3.63) is 30.3 Å². The lowest BCUT2D eigenvalue weighted by Crippen LogP contribution is -2.37. The van der Waals surface area contributed by atoms with Gasteiger partial charge in [0, 0.05) is 26.2 Å². The Bertz CT molecular complexity index is 420. The number of rotatable bonds is 3. The van der Waals surface area contributed by atoms with E-state index in [4.69, 9.17) is 4.74 Å². The zero-order valence-electron chi connectivity index (χ0n) is 12.4. The summed E-state index contributed by atoms with van der Waals surface area (Å²) in [4.78, 5) is 16.4. The largest absolute Gasteiger partial charge is 0.415 e. The van der Waals surface area contributed by atoms with E-state index in [1.165, 1.54) is 0 Å². The van der Waals surface area contributed by atoms with Crippen LogP contribution in [-0.4, -0.2) is 48.6 Å². The minimum atomic E-state index is -0.234. The molecule has 1 aromatic carbocycles. The van der Waals surface area contributed by atoms with Gasteiger partial charge in [-0.1, -0.05) is 32.0 Å². The monoisotopic (exact) mass is 276 g/mol. The van der Waals surface area contributed by atoms with E-state index in [-0.39, 0.29) is 6.09 Å². The van der Waals surface area contributed by atoms with Crippen molar-refractivity contribution in [3.63, 3.8) is 0 Å². The number of hydrogen-bond donors (Lipinski definition) is 0. The van der Waals surface area contributed by atoms with Gasteiger partial charge >= 0.3 is 6.09 Å². The number of carbonyl (C=O) groups is 1. The van der Waals surface area contributed by atoms with Crippen molar-refractivity contribution in [2.45, 2.75) is 20.3 Å². The highest BCUT2D eigenvalue weighted by molar-refractivity contribution is 5.70. The van der Waals surface area contributed by atoms with Crippen molar-refractivity contribution >= 4 is 6.09 Å². The Labute approximate surface area is 121 Å². The van der Waals surface area contributed by atoms with E-state index in [0.29, 0.717) is 11.7 Å². The minimum Gasteiger partial charge on any atom is -0.410 e. The van der Waals surface area contributed by atoms with Crippen molar-refractivity contribution in [3.8, 4) is 5.75 Å². The van der Waals surface area contributed by atoms with Crippen LogP contribution < -0.4 is 4.74 Å². The maximum atomic E-state index is 12.1. The Morgan fingerprint density at radius 2 is 1.90 bits per heavy atom. The van der Waals surface area contributed by atoms with Gasteiger partial charge in [0.1, 0.15) is 5.75 Å². The van der Waals surface area contributed by atoms with E-state index in [1.807, 2.05) is 23.1 Å². The summed E-state index contributed by atoms with van der Waals surface area (Å²) < 4.78 is 5.39. The molecule has 0 atom stereocenters. The minimum absolute atomic E-state index is 0.234. The van der Waals surface area contributed by atoms with Crippen molar-refractivity contribution in [1.29, 1.82) is 0 Å². The van der Waals surface area contributed by atoms with Crippen LogP contribution >= 0.6 is 0 Å². The summed E-state index contributed by atoms with van der Waals surface area (Å²) in [5, 5.41) is 0. The maximum Gasteiger partial charge on any atom is 0.415 e. The first kappa shape index (κ1) is 14.9. The molecule has 0 unspecified atom stereocenters. The quantitative estimate of drug-likeness (QED) is 0.851. The molecule has 110 valence electrons. The van der Waals surface area contributed by atoms with Crippen LogP contribution in [-0.2, 0) is 0 Å². The molecule has 2 rings (SSSR count). The van der Waals surface area contributed by atoms with E-state index >= 15 is 0 Å².